The number of carbonyl (C=O) groups is 1. The lowest BCUT2D eigenvalue weighted by Crippen LogP contribution is -2.12. The Morgan fingerprint density at radius 2 is 1.89 bits per heavy atom. The minimum atomic E-state index is -0.00173. The molecule has 1 aliphatic rings. The molecule has 27 heavy (non-hydrogen) atoms. The Morgan fingerprint density at radius 3 is 2.59 bits per heavy atom. The third-order valence-electron chi connectivity index (χ3n) is 4.31. The summed E-state index contributed by atoms with van der Waals surface area (Å²) in [5.74, 6) is 2.94. The zero-order chi connectivity index (χ0) is 18.6. The lowest BCUT2D eigenvalue weighted by molar-refractivity contribution is -0.115. The molecule has 0 bridgehead atoms. The monoisotopic (exact) mass is 398 g/mol. The first-order valence-corrected chi connectivity index (χ1v) is 10.2. The van der Waals surface area contributed by atoms with Crippen LogP contribution in [-0.4, -0.2) is 26.8 Å². The Balaban J connectivity index is 1.27. The molecule has 4 rings (SSSR count). The maximum Gasteiger partial charge on any atom is 0.225 e. The lowest BCUT2D eigenvalue weighted by Gasteiger charge is -2.06. The largest absolute Gasteiger partial charge is 0.326 e. The molecule has 1 amide bonds. The molecule has 7 heteroatoms. The van der Waals surface area contributed by atoms with E-state index in [9.17, 15) is 4.79 Å². The molecule has 5 nitrogen and oxygen atoms in total. The summed E-state index contributed by atoms with van der Waals surface area (Å²) in [5.41, 5.74) is 1.72. The van der Waals surface area contributed by atoms with Crippen LogP contribution in [0.4, 0.5) is 5.69 Å². The van der Waals surface area contributed by atoms with Gasteiger partial charge in [-0.2, -0.15) is 5.10 Å². The van der Waals surface area contributed by atoms with Crippen LogP contribution in [-0.2, 0) is 4.79 Å². The number of aromatic amines is 1. The first-order valence-electron chi connectivity index (χ1n) is 8.88. The van der Waals surface area contributed by atoms with Crippen LogP contribution in [0.3, 0.4) is 0 Å². The van der Waals surface area contributed by atoms with Crippen molar-refractivity contribution in [2.24, 2.45) is 0 Å². The Labute approximate surface area is 166 Å². The molecular formula is C20H19ClN4OS. The number of nitrogens with zero attached hydrogens (tertiary/aromatic N) is 2. The van der Waals surface area contributed by atoms with Crippen LogP contribution in [0.1, 0.15) is 31.0 Å². The number of benzene rings is 2. The molecule has 0 unspecified atom stereocenters. The molecular weight excluding hydrogens is 380 g/mol. The summed E-state index contributed by atoms with van der Waals surface area (Å²) in [4.78, 5) is 17.8. The van der Waals surface area contributed by atoms with E-state index in [0.29, 0.717) is 28.9 Å². The number of rotatable bonds is 7. The van der Waals surface area contributed by atoms with E-state index in [0.717, 1.165) is 22.0 Å². The van der Waals surface area contributed by atoms with Crippen molar-refractivity contribution in [1.29, 1.82) is 0 Å². The van der Waals surface area contributed by atoms with E-state index in [1.807, 2.05) is 48.5 Å². The summed E-state index contributed by atoms with van der Waals surface area (Å²) >= 11 is 7.51. The van der Waals surface area contributed by atoms with Crippen LogP contribution in [0.25, 0.3) is 11.4 Å². The van der Waals surface area contributed by atoms with Gasteiger partial charge in [-0.25, -0.2) is 4.98 Å². The van der Waals surface area contributed by atoms with E-state index in [1.165, 1.54) is 12.8 Å². The van der Waals surface area contributed by atoms with Crippen LogP contribution in [0, 0.1) is 0 Å². The predicted octanol–water partition coefficient (Wildman–Crippen LogP) is 5.12. The van der Waals surface area contributed by atoms with Crippen molar-refractivity contribution in [3.63, 3.8) is 0 Å². The summed E-state index contributed by atoms with van der Waals surface area (Å²) in [7, 11) is 0. The number of aromatic nitrogens is 3. The molecule has 2 N–H and O–H groups in total. The molecule has 0 spiro atoms. The molecule has 1 heterocycles. The smallest absolute Gasteiger partial charge is 0.225 e. The van der Waals surface area contributed by atoms with Crippen LogP contribution < -0.4 is 5.32 Å². The van der Waals surface area contributed by atoms with Gasteiger partial charge in [0.15, 0.2) is 5.82 Å². The maximum atomic E-state index is 12.1. The van der Waals surface area contributed by atoms with Crippen LogP contribution in [0.5, 0.6) is 0 Å². The van der Waals surface area contributed by atoms with Crippen LogP contribution in [0.2, 0.25) is 5.02 Å². The second-order valence-electron chi connectivity index (χ2n) is 6.50. The van der Waals surface area contributed by atoms with Crippen molar-refractivity contribution in [2.75, 3.05) is 11.1 Å². The van der Waals surface area contributed by atoms with Crippen molar-refractivity contribution in [3.05, 3.63) is 59.4 Å². The van der Waals surface area contributed by atoms with Gasteiger partial charge in [0.25, 0.3) is 0 Å². The first kappa shape index (κ1) is 18.1. The fourth-order valence-electron chi connectivity index (χ4n) is 2.66. The molecule has 3 aromatic rings. The van der Waals surface area contributed by atoms with Gasteiger partial charge in [0.1, 0.15) is 5.82 Å². The second-order valence-corrected chi connectivity index (χ2v) is 8.10. The Bertz CT molecular complexity index is 920. The molecule has 0 saturated heterocycles. The number of thioether (sulfide) groups is 1. The van der Waals surface area contributed by atoms with E-state index in [1.54, 1.807) is 11.8 Å². The third kappa shape index (κ3) is 4.90. The van der Waals surface area contributed by atoms with Crippen molar-refractivity contribution in [1.82, 2.24) is 15.2 Å². The summed E-state index contributed by atoms with van der Waals surface area (Å²) in [6.45, 7) is 0. The van der Waals surface area contributed by atoms with Gasteiger partial charge in [-0.3, -0.25) is 9.89 Å². The van der Waals surface area contributed by atoms with Gasteiger partial charge in [-0.1, -0.05) is 11.6 Å². The lowest BCUT2D eigenvalue weighted by atomic mass is 10.2. The van der Waals surface area contributed by atoms with Crippen LogP contribution in [0.15, 0.2) is 53.4 Å². The van der Waals surface area contributed by atoms with Crippen LogP contribution >= 0.6 is 23.4 Å². The second kappa shape index (κ2) is 8.15. The molecule has 1 fully saturated rings. The molecule has 0 atom stereocenters. The van der Waals surface area contributed by atoms with Gasteiger partial charge in [-0.15, -0.1) is 11.8 Å². The molecule has 1 aromatic heterocycles. The highest BCUT2D eigenvalue weighted by atomic mass is 35.5. The van der Waals surface area contributed by atoms with Crippen molar-refractivity contribution in [2.45, 2.75) is 30.1 Å². The Hall–Kier alpha value is -2.31. The molecule has 138 valence electrons. The topological polar surface area (TPSA) is 70.7 Å². The minimum absolute atomic E-state index is 0.00173. The SMILES string of the molecule is O=C(CCSc1ccc(Cl)cc1)Nc1ccc(-c2n[nH]c(C3CC3)n2)cc1. The summed E-state index contributed by atoms with van der Waals surface area (Å²) in [6.07, 6.45) is 2.83. The van der Waals surface area contributed by atoms with E-state index < -0.39 is 0 Å². The van der Waals surface area contributed by atoms with Gasteiger partial charge < -0.3 is 5.32 Å². The van der Waals surface area contributed by atoms with Crippen molar-refractivity contribution in [3.8, 4) is 11.4 Å². The van der Waals surface area contributed by atoms with Crippen molar-refractivity contribution >= 4 is 35.0 Å². The highest BCUT2D eigenvalue weighted by molar-refractivity contribution is 7.99. The zero-order valence-corrected chi connectivity index (χ0v) is 16.2. The van der Waals surface area contributed by atoms with Crippen molar-refractivity contribution < 1.29 is 4.79 Å². The van der Waals surface area contributed by atoms with Gasteiger partial charge in [0.05, 0.1) is 0 Å². The van der Waals surface area contributed by atoms with E-state index in [4.69, 9.17) is 11.6 Å². The molecule has 1 saturated carbocycles. The van der Waals surface area contributed by atoms with E-state index in [-0.39, 0.29) is 5.91 Å². The first-order chi connectivity index (χ1) is 13.2. The average molecular weight is 399 g/mol. The van der Waals surface area contributed by atoms with Gasteiger partial charge in [-0.05, 0) is 61.4 Å². The number of anilines is 1. The number of halogens is 1. The number of H-pyrrole nitrogens is 1. The number of carbonyl (C=O) groups excluding carboxylic acids is 1. The van der Waals surface area contributed by atoms with Gasteiger partial charge in [0, 0.05) is 39.3 Å². The highest BCUT2D eigenvalue weighted by Gasteiger charge is 2.27. The third-order valence-corrected chi connectivity index (χ3v) is 5.57. The van der Waals surface area contributed by atoms with Gasteiger partial charge >= 0.3 is 0 Å². The van der Waals surface area contributed by atoms with E-state index in [2.05, 4.69) is 20.5 Å². The standard InChI is InChI=1S/C20H19ClN4OS/c21-15-5-9-17(10-6-15)27-12-11-18(26)22-16-7-3-14(4-8-16)20-23-19(24-25-20)13-1-2-13/h3-10,13H,1-2,11-12H2,(H,22,26)(H,23,24,25). The van der Waals surface area contributed by atoms with E-state index >= 15 is 0 Å². The Morgan fingerprint density at radius 1 is 1.15 bits per heavy atom. The zero-order valence-electron chi connectivity index (χ0n) is 14.6. The Kier molecular flexibility index (Phi) is 5.45. The fourth-order valence-corrected chi connectivity index (χ4v) is 3.64. The number of hydrogen-bond donors (Lipinski definition) is 2. The summed E-state index contributed by atoms with van der Waals surface area (Å²) in [5, 5.41) is 10.9. The minimum Gasteiger partial charge on any atom is -0.326 e. The molecule has 0 radical (unpaired) electrons. The normalized spacial score (nSPS) is 13.5. The molecule has 2 aromatic carbocycles. The molecule has 1 aliphatic carbocycles. The summed E-state index contributed by atoms with van der Waals surface area (Å²) in [6, 6.07) is 15.2. The average Bonchev–Trinajstić information content (AvgIpc) is 3.41. The van der Waals surface area contributed by atoms with Gasteiger partial charge in [0.2, 0.25) is 5.91 Å². The number of hydrogen-bond acceptors (Lipinski definition) is 4. The summed E-state index contributed by atoms with van der Waals surface area (Å²) < 4.78 is 0. The quantitative estimate of drug-likeness (QED) is 0.541. The maximum absolute atomic E-state index is 12.1. The number of amides is 1. The predicted molar refractivity (Wildman–Crippen MR) is 109 cm³/mol. The fraction of sp³-hybridized carbons (Fsp3) is 0.250. The number of nitrogens with one attached hydrogen (secondary N) is 2. The molecule has 0 aliphatic heterocycles. The highest BCUT2D eigenvalue weighted by Crippen LogP contribution is 2.38.